The summed E-state index contributed by atoms with van der Waals surface area (Å²) in [7, 11) is 0. The third kappa shape index (κ3) is 2.01. The monoisotopic (exact) mass is 352 g/mol. The summed E-state index contributed by atoms with van der Waals surface area (Å²) in [4.78, 5) is 10.3. The Kier molecular flexibility index (Phi) is 3.70. The summed E-state index contributed by atoms with van der Waals surface area (Å²) < 4.78 is 2.31. The Balaban J connectivity index is 2.41. The van der Waals surface area contributed by atoms with Crippen molar-refractivity contribution in [1.82, 2.24) is 3.11 Å². The summed E-state index contributed by atoms with van der Waals surface area (Å²) in [5, 5.41) is 0. The zero-order valence-corrected chi connectivity index (χ0v) is 9.20. The van der Waals surface area contributed by atoms with Crippen molar-refractivity contribution < 1.29 is 22.3 Å². The zero-order chi connectivity index (χ0) is 6.69. The van der Waals surface area contributed by atoms with Gasteiger partial charge in [-0.1, -0.05) is 0 Å². The summed E-state index contributed by atoms with van der Waals surface area (Å²) in [6.07, 6.45) is 3.39. The third-order valence-corrected chi connectivity index (χ3v) is 6.28. The number of carbonyl (C=O) groups is 1. The molecule has 0 amide bonds. The van der Waals surface area contributed by atoms with E-state index >= 15 is 0 Å². The first-order valence-electron chi connectivity index (χ1n) is 2.86. The Morgan fingerprint density at radius 2 is 2.56 bits per heavy atom. The second-order valence-electron chi connectivity index (χ2n) is 2.03. The van der Waals surface area contributed by atoms with Crippen molar-refractivity contribution in [2.24, 2.45) is 0 Å². The van der Waals surface area contributed by atoms with Crippen LogP contribution in [0.15, 0.2) is 0 Å². The van der Waals surface area contributed by atoms with Gasteiger partial charge >= 0.3 is 75.7 Å². The molecule has 0 aromatic heterocycles. The molecular weight excluding hydrogens is 344 g/mol. The molecule has 9 heavy (non-hydrogen) atoms. The van der Waals surface area contributed by atoms with Gasteiger partial charge in [0, 0.05) is 0 Å². The minimum absolute atomic E-state index is 0.129. The Bertz CT molecular complexity index is 109. The summed E-state index contributed by atoms with van der Waals surface area (Å²) >= 11 is 2.53. The quantitative estimate of drug-likeness (QED) is 0.326. The molecule has 0 aromatic carbocycles. The van der Waals surface area contributed by atoms with E-state index < -0.39 is 0 Å². The van der Waals surface area contributed by atoms with E-state index in [1.807, 2.05) is 0 Å². The van der Waals surface area contributed by atoms with Gasteiger partial charge < -0.3 is 0 Å². The number of nitrogens with zero attached hydrogens (tertiary/aromatic N) is 1. The van der Waals surface area contributed by atoms with E-state index in [4.69, 9.17) is 0 Å². The molecule has 0 unspecified atom stereocenters. The second kappa shape index (κ2) is 4.07. The molecule has 0 aliphatic carbocycles. The van der Waals surface area contributed by atoms with Crippen molar-refractivity contribution in [3.8, 4) is 0 Å². The molecule has 0 spiro atoms. The summed E-state index contributed by atoms with van der Waals surface area (Å²) in [6, 6.07) is 0.273. The summed E-state index contributed by atoms with van der Waals surface area (Å²) in [5.74, 6) is 0. The Hall–Kier alpha value is 1.09. The molecule has 1 rings (SSSR count). The first-order valence-corrected chi connectivity index (χ1v) is 10.1. The Labute approximate surface area is 75.2 Å². The fourth-order valence-electron chi connectivity index (χ4n) is 0.971. The molecule has 0 aromatic rings. The summed E-state index contributed by atoms with van der Waals surface area (Å²) in [6.45, 7) is 1.15. The third-order valence-electron chi connectivity index (χ3n) is 1.47. The van der Waals surface area contributed by atoms with Crippen molar-refractivity contribution in [3.63, 3.8) is 0 Å². The topological polar surface area (TPSA) is 20.3 Å². The van der Waals surface area contributed by atoms with Crippen LogP contribution in [0.25, 0.3) is 0 Å². The number of carbonyl (C=O) groups excluding carboxylic acids is 1. The van der Waals surface area contributed by atoms with Gasteiger partial charge in [-0.2, -0.15) is 0 Å². The van der Waals surface area contributed by atoms with Crippen molar-refractivity contribution in [2.45, 2.75) is 18.9 Å². The molecule has 54 valence electrons. The van der Waals surface area contributed by atoms with Crippen LogP contribution in [0.3, 0.4) is 0 Å². The molecule has 1 fully saturated rings. The van der Waals surface area contributed by atoms with Crippen LogP contribution >= 0.6 is 18.6 Å². The molecule has 1 atom stereocenters. The molecule has 2 nitrogen and oxygen atoms in total. The van der Waals surface area contributed by atoms with Gasteiger partial charge in [-0.05, 0) is 0 Å². The maximum atomic E-state index is 10.3. The fourth-order valence-corrected chi connectivity index (χ4v) is 5.21. The number of halogens is 2. The molecule has 0 bridgehead atoms. The number of aldehydes is 1. The van der Waals surface area contributed by atoms with Crippen LogP contribution in [0, 0.1) is 0 Å². The van der Waals surface area contributed by atoms with Gasteiger partial charge in [-0.3, -0.25) is 0 Å². The van der Waals surface area contributed by atoms with E-state index in [0.717, 1.165) is 19.3 Å². The summed E-state index contributed by atoms with van der Waals surface area (Å²) in [5.41, 5.74) is 0. The van der Waals surface area contributed by atoms with E-state index in [9.17, 15) is 4.79 Å². The van der Waals surface area contributed by atoms with Crippen LogP contribution in [0.4, 0.5) is 0 Å². The SMILES string of the molecule is O=C[C@@H]1CCCN1[I-]I. The average Bonchev–Trinajstić information content (AvgIpc) is 2.33. The molecular formula is C5H8I2NO-. The van der Waals surface area contributed by atoms with Crippen LogP contribution in [0.2, 0.25) is 0 Å². The van der Waals surface area contributed by atoms with Gasteiger partial charge in [-0.15, -0.1) is 0 Å². The predicted octanol–water partition coefficient (Wildman–Crippen LogP) is -2.00. The number of hydrogen-bond acceptors (Lipinski definition) is 2. The van der Waals surface area contributed by atoms with Gasteiger partial charge in [0.05, 0.1) is 0 Å². The molecule has 0 radical (unpaired) electrons. The van der Waals surface area contributed by atoms with Gasteiger partial charge in [-0.25, -0.2) is 0 Å². The maximum absolute atomic E-state index is 10.3. The Morgan fingerprint density at radius 1 is 1.78 bits per heavy atom. The van der Waals surface area contributed by atoms with Gasteiger partial charge in [0.25, 0.3) is 0 Å². The van der Waals surface area contributed by atoms with Crippen molar-refractivity contribution in [1.29, 1.82) is 0 Å². The van der Waals surface area contributed by atoms with Gasteiger partial charge in [0.1, 0.15) is 0 Å². The second-order valence-corrected chi connectivity index (χ2v) is 6.08. The standard InChI is InChI=1S/C5H8I2NO/c6-7-8-3-1-2-5(8)4-9/h4-5H,1-3H2/q-1/t5-/m0/s1. The minimum atomic E-state index is 0.129. The van der Waals surface area contributed by atoms with E-state index in [1.54, 1.807) is 0 Å². The van der Waals surface area contributed by atoms with Crippen LogP contribution in [0.1, 0.15) is 12.8 Å². The number of rotatable bonds is 2. The average molecular weight is 352 g/mol. The van der Waals surface area contributed by atoms with Crippen molar-refractivity contribution >= 4 is 24.9 Å². The first kappa shape index (κ1) is 8.19. The van der Waals surface area contributed by atoms with Gasteiger partial charge in [0.15, 0.2) is 0 Å². The van der Waals surface area contributed by atoms with Crippen LogP contribution in [-0.4, -0.2) is 22.0 Å². The van der Waals surface area contributed by atoms with Crippen LogP contribution < -0.4 is 17.5 Å². The number of hydrogen-bond donors (Lipinski definition) is 0. The molecule has 1 aliphatic heterocycles. The van der Waals surface area contributed by atoms with Gasteiger partial charge in [0.2, 0.25) is 0 Å². The molecule has 0 saturated carbocycles. The molecule has 1 aliphatic rings. The fraction of sp³-hybridized carbons (Fsp3) is 0.800. The Morgan fingerprint density at radius 3 is 3.00 bits per heavy atom. The molecule has 1 saturated heterocycles. The predicted molar refractivity (Wildman–Crippen MR) is 39.8 cm³/mol. The van der Waals surface area contributed by atoms with E-state index in [1.165, 1.54) is 6.42 Å². The molecule has 0 N–H and O–H groups in total. The van der Waals surface area contributed by atoms with Crippen molar-refractivity contribution in [2.75, 3.05) is 6.54 Å². The molecule has 1 heterocycles. The van der Waals surface area contributed by atoms with E-state index in [0.29, 0.717) is 0 Å². The van der Waals surface area contributed by atoms with Crippen molar-refractivity contribution in [3.05, 3.63) is 0 Å². The van der Waals surface area contributed by atoms with Crippen LogP contribution in [-0.2, 0) is 4.79 Å². The van der Waals surface area contributed by atoms with Crippen LogP contribution in [0.5, 0.6) is 0 Å². The normalized spacial score (nSPS) is 29.2. The van der Waals surface area contributed by atoms with E-state index in [-0.39, 0.29) is 23.5 Å². The first-order chi connectivity index (χ1) is 4.38. The van der Waals surface area contributed by atoms with E-state index in [2.05, 4.69) is 21.7 Å². The zero-order valence-electron chi connectivity index (χ0n) is 4.89. The molecule has 4 heteroatoms.